The van der Waals surface area contributed by atoms with Crippen LogP contribution in [0, 0.1) is 35.5 Å². The number of carbonyl (C=O) groups is 4. The molecule has 1 unspecified atom stereocenters. The van der Waals surface area contributed by atoms with Gasteiger partial charge in [0.15, 0.2) is 0 Å². The number of aromatic amines is 1. The van der Waals surface area contributed by atoms with Gasteiger partial charge in [-0.2, -0.15) is 0 Å². The number of allylic oxidation sites excluding steroid dienone is 1. The van der Waals surface area contributed by atoms with Gasteiger partial charge in [0.25, 0.3) is 5.91 Å². The zero-order valence-corrected chi connectivity index (χ0v) is 31.2. The fraction of sp³-hybridized carbons (Fsp3) is 0.487. The number of nitrogens with zero attached hydrogens (tertiary/aromatic N) is 4. The molecule has 0 aliphatic carbocycles. The maximum atomic E-state index is 13.8. The van der Waals surface area contributed by atoms with E-state index >= 15 is 0 Å². The maximum absolute atomic E-state index is 13.8. The van der Waals surface area contributed by atoms with E-state index in [1.807, 2.05) is 58.0 Å². The summed E-state index contributed by atoms with van der Waals surface area (Å²) >= 11 is 0. The molecular weight excluding hydrogens is 676 g/mol. The molecule has 1 aromatic carbocycles. The lowest BCUT2D eigenvalue weighted by atomic mass is 10.0. The minimum absolute atomic E-state index is 0.153. The largest absolute Gasteiger partial charge is 0.453 e. The number of nitrogens with two attached hydrogens (primary N) is 1. The van der Waals surface area contributed by atoms with Crippen molar-refractivity contribution in [3.05, 3.63) is 65.8 Å². The number of benzene rings is 1. The highest BCUT2D eigenvalue weighted by Gasteiger charge is 2.38. The minimum Gasteiger partial charge on any atom is -0.453 e. The molecule has 0 spiro atoms. The van der Waals surface area contributed by atoms with Crippen LogP contribution in [-0.2, 0) is 19.1 Å². The Bertz CT molecular complexity index is 1780. The molecule has 2 saturated heterocycles. The van der Waals surface area contributed by atoms with Crippen LogP contribution >= 0.6 is 0 Å². The molecule has 2 aliphatic rings. The Morgan fingerprint density at radius 1 is 0.981 bits per heavy atom. The summed E-state index contributed by atoms with van der Waals surface area (Å²) < 4.78 is 9.51. The molecular formula is C39H50N8O6. The second kappa shape index (κ2) is 19.2. The second-order valence-corrected chi connectivity index (χ2v) is 13.3. The molecule has 3 heterocycles. The molecule has 0 saturated carbocycles. The number of aliphatic imine (C=N–C) groups is 1. The van der Waals surface area contributed by atoms with Crippen LogP contribution < -0.4 is 16.4 Å². The summed E-state index contributed by atoms with van der Waals surface area (Å²) in [6.07, 6.45) is 6.99. The number of hydrogen-bond acceptors (Lipinski definition) is 8. The standard InChI is InChI=1S/C39H50N8O6/c1-7-15-27(26(4)42-34(40)30-20-13-22-46(30)36(48)32(25(2)3)44-38(50)52-5)16-11-12-19-29-24-41-35(43-29)31-21-14-23-47(31)37(49)33(45-39(51)53-6)28-17-9-8-10-18-28/h7-10,15,17-18,24-27,30-33H,13-14,20-23H2,1-6H3,(H2,40,42)(H,41,43)(H,44,50)(H,45,51)/b15-7-/t26?,27-,30-,31-,32-,33+/m0/s1. The Balaban J connectivity index is 1.44. The van der Waals surface area contributed by atoms with E-state index in [1.165, 1.54) is 14.2 Å². The lowest BCUT2D eigenvalue weighted by Crippen LogP contribution is -2.54. The normalized spacial score (nSPS) is 19.3. The van der Waals surface area contributed by atoms with Crippen LogP contribution in [0.5, 0.6) is 0 Å². The number of amidine groups is 1. The molecule has 1 aromatic heterocycles. The Labute approximate surface area is 311 Å². The number of aromatic nitrogens is 2. The first-order chi connectivity index (χ1) is 25.5. The molecule has 4 rings (SSSR count). The first-order valence-electron chi connectivity index (χ1n) is 17.9. The number of likely N-dealkylation sites (tertiary alicyclic amines) is 2. The van der Waals surface area contributed by atoms with Gasteiger partial charge in [-0.15, -0.1) is 0 Å². The zero-order valence-electron chi connectivity index (χ0n) is 31.2. The van der Waals surface area contributed by atoms with Crippen LogP contribution in [0.4, 0.5) is 9.59 Å². The maximum Gasteiger partial charge on any atom is 0.407 e. The van der Waals surface area contributed by atoms with Crippen LogP contribution in [0.3, 0.4) is 0 Å². The predicted octanol–water partition coefficient (Wildman–Crippen LogP) is 3.84. The van der Waals surface area contributed by atoms with Crippen molar-refractivity contribution < 1.29 is 28.7 Å². The van der Waals surface area contributed by atoms with Crippen molar-refractivity contribution in [2.75, 3.05) is 27.3 Å². The van der Waals surface area contributed by atoms with Crippen LogP contribution in [-0.4, -0.2) is 95.0 Å². The summed E-state index contributed by atoms with van der Waals surface area (Å²) in [5.41, 5.74) is 7.71. The summed E-state index contributed by atoms with van der Waals surface area (Å²) in [6.45, 7) is 8.56. The number of ether oxygens (including phenoxy) is 2. The van der Waals surface area contributed by atoms with Gasteiger partial charge in [-0.25, -0.2) is 14.6 Å². The van der Waals surface area contributed by atoms with E-state index in [-0.39, 0.29) is 35.7 Å². The summed E-state index contributed by atoms with van der Waals surface area (Å²) in [6, 6.07) is 6.35. The molecule has 6 atom stereocenters. The number of amides is 4. The van der Waals surface area contributed by atoms with Crippen molar-refractivity contribution in [1.82, 2.24) is 30.4 Å². The van der Waals surface area contributed by atoms with Gasteiger partial charge >= 0.3 is 12.2 Å². The van der Waals surface area contributed by atoms with E-state index in [9.17, 15) is 19.2 Å². The van der Waals surface area contributed by atoms with Crippen molar-refractivity contribution in [2.45, 2.75) is 83.6 Å². The Kier molecular flexibility index (Phi) is 14.5. The molecule has 2 aromatic rings. The van der Waals surface area contributed by atoms with E-state index in [1.54, 1.807) is 28.1 Å². The quantitative estimate of drug-likeness (QED) is 0.117. The van der Waals surface area contributed by atoms with Crippen molar-refractivity contribution >= 4 is 29.8 Å². The van der Waals surface area contributed by atoms with Gasteiger partial charge in [-0.3, -0.25) is 14.6 Å². The molecule has 282 valence electrons. The topological polar surface area (TPSA) is 184 Å². The third-order valence-corrected chi connectivity index (χ3v) is 9.31. The van der Waals surface area contributed by atoms with Gasteiger partial charge in [0, 0.05) is 13.1 Å². The van der Waals surface area contributed by atoms with E-state index in [4.69, 9.17) is 20.2 Å². The highest BCUT2D eigenvalue weighted by atomic mass is 16.5. The molecule has 0 radical (unpaired) electrons. The monoisotopic (exact) mass is 726 g/mol. The third-order valence-electron chi connectivity index (χ3n) is 9.31. The van der Waals surface area contributed by atoms with Crippen molar-refractivity contribution in [2.24, 2.45) is 22.6 Å². The van der Waals surface area contributed by atoms with Gasteiger partial charge in [-0.1, -0.05) is 62.3 Å². The summed E-state index contributed by atoms with van der Waals surface area (Å²) in [5, 5.41) is 5.32. The van der Waals surface area contributed by atoms with Crippen molar-refractivity contribution in [3.63, 3.8) is 0 Å². The average molecular weight is 727 g/mol. The van der Waals surface area contributed by atoms with Gasteiger partial charge in [0.1, 0.15) is 29.4 Å². The Morgan fingerprint density at radius 3 is 2.34 bits per heavy atom. The van der Waals surface area contributed by atoms with Crippen LogP contribution in [0.25, 0.3) is 0 Å². The number of H-pyrrole nitrogens is 1. The average Bonchev–Trinajstić information content (AvgIpc) is 3.95. The highest BCUT2D eigenvalue weighted by molar-refractivity contribution is 5.93. The van der Waals surface area contributed by atoms with Gasteiger partial charge in [0.2, 0.25) is 5.91 Å². The Morgan fingerprint density at radius 2 is 1.66 bits per heavy atom. The van der Waals surface area contributed by atoms with Crippen molar-refractivity contribution in [3.8, 4) is 23.7 Å². The second-order valence-electron chi connectivity index (χ2n) is 13.3. The molecule has 0 bridgehead atoms. The number of alkyl carbamates (subject to hydrolysis) is 2. The smallest absolute Gasteiger partial charge is 0.407 e. The van der Waals surface area contributed by atoms with Crippen LogP contribution in [0.2, 0.25) is 0 Å². The van der Waals surface area contributed by atoms with Gasteiger partial charge < -0.3 is 40.6 Å². The molecule has 14 heteroatoms. The SMILES string of the molecule is C/C=C\[C@@H](C#CC#Cc1cnc([C@@H]2CCCN2C(=O)[C@H](NC(=O)OC)c2ccccc2)[nH]1)C(C)N=C(N)[C@@H]1CCCN1C(=O)[C@@H](NC(=O)OC)C(C)C. The Hall–Kier alpha value is -5.76. The van der Waals surface area contributed by atoms with Gasteiger partial charge in [0.05, 0.1) is 44.5 Å². The fourth-order valence-electron chi connectivity index (χ4n) is 6.53. The number of nitrogens with one attached hydrogen (secondary N) is 3. The molecule has 2 fully saturated rings. The van der Waals surface area contributed by atoms with E-state index < -0.39 is 30.3 Å². The molecule has 5 N–H and O–H groups in total. The number of imidazole rings is 1. The lowest BCUT2D eigenvalue weighted by molar-refractivity contribution is -0.135. The fourth-order valence-corrected chi connectivity index (χ4v) is 6.53. The number of carbonyl (C=O) groups excluding carboxylic acids is 4. The first-order valence-corrected chi connectivity index (χ1v) is 17.9. The van der Waals surface area contributed by atoms with Gasteiger partial charge in [-0.05, 0) is 68.8 Å². The minimum atomic E-state index is -0.909. The predicted molar refractivity (Wildman–Crippen MR) is 200 cm³/mol. The van der Waals surface area contributed by atoms with Crippen LogP contribution in [0.1, 0.15) is 82.5 Å². The molecule has 14 nitrogen and oxygen atoms in total. The molecule has 4 amide bonds. The number of rotatable bonds is 11. The summed E-state index contributed by atoms with van der Waals surface area (Å²) in [5.74, 6) is 12.0. The van der Waals surface area contributed by atoms with E-state index in [2.05, 4.69) is 44.3 Å². The van der Waals surface area contributed by atoms with E-state index in [0.717, 1.165) is 12.8 Å². The molecule has 53 heavy (non-hydrogen) atoms. The number of methoxy groups -OCH3 is 2. The first kappa shape index (κ1) is 40.0. The number of hydrogen-bond donors (Lipinski definition) is 4. The van der Waals surface area contributed by atoms with Crippen molar-refractivity contribution in [1.29, 1.82) is 0 Å². The van der Waals surface area contributed by atoms with Crippen LogP contribution in [0.15, 0.2) is 53.7 Å². The molecule has 2 aliphatic heterocycles. The van der Waals surface area contributed by atoms with E-state index in [0.29, 0.717) is 48.8 Å². The summed E-state index contributed by atoms with van der Waals surface area (Å²) in [4.78, 5) is 67.2. The lowest BCUT2D eigenvalue weighted by Gasteiger charge is -2.30. The highest BCUT2D eigenvalue weighted by Crippen LogP contribution is 2.33. The summed E-state index contributed by atoms with van der Waals surface area (Å²) in [7, 11) is 2.52. The zero-order chi connectivity index (χ0) is 38.5. The third kappa shape index (κ3) is 10.4.